The van der Waals surface area contributed by atoms with E-state index in [0.717, 1.165) is 0 Å². The number of rotatable bonds is 6. The molecule has 0 spiro atoms. The third kappa shape index (κ3) is 3.45. The monoisotopic (exact) mass is 418 g/mol. The average Bonchev–Trinajstić information content (AvgIpc) is 3.12. The molecule has 136 valence electrons. The van der Waals surface area contributed by atoms with Gasteiger partial charge in [-0.05, 0) is 0 Å². The Morgan fingerprint density at radius 1 is 1.36 bits per heavy atom. The fourth-order valence-corrected chi connectivity index (χ4v) is 4.72. The van der Waals surface area contributed by atoms with Crippen molar-refractivity contribution in [1.82, 2.24) is 19.5 Å². The molecule has 2 aromatic rings. The molecular weight excluding hydrogens is 399 g/mol. The van der Waals surface area contributed by atoms with Gasteiger partial charge in [0.15, 0.2) is 0 Å². The number of nitrogens with two attached hydrogens (primary N) is 2. The van der Waals surface area contributed by atoms with Crippen LogP contribution in [0, 0.1) is 0 Å². The molecule has 1 aliphatic heterocycles. The second-order valence-corrected chi connectivity index (χ2v) is 7.87. The second kappa shape index (κ2) is 7.20. The number of aromatic nitrogens is 4. The van der Waals surface area contributed by atoms with E-state index < -0.39 is 36.6 Å². The minimum absolute atomic E-state index is 0.151. The van der Waals surface area contributed by atoms with E-state index in [9.17, 15) is 15.0 Å². The van der Waals surface area contributed by atoms with Gasteiger partial charge in [0.25, 0.3) is 0 Å². The Morgan fingerprint density at radius 3 is 2.84 bits per heavy atom. The molecule has 7 N–H and O–H groups in total. The first-order valence-electron chi connectivity index (χ1n) is 7.41. The molecule has 0 aromatic carbocycles. The van der Waals surface area contributed by atoms with Gasteiger partial charge in [-0.25, -0.2) is 0 Å². The van der Waals surface area contributed by atoms with Gasteiger partial charge in [0, 0.05) is 0 Å². The average molecular weight is 417 g/mol. The van der Waals surface area contributed by atoms with Crippen molar-refractivity contribution in [1.29, 1.82) is 0 Å². The summed E-state index contributed by atoms with van der Waals surface area (Å²) in [5.74, 6) is -0.853. The molecule has 5 atom stereocenters. The summed E-state index contributed by atoms with van der Waals surface area (Å²) in [7, 11) is 0. The van der Waals surface area contributed by atoms with Crippen LogP contribution in [0.15, 0.2) is 12.7 Å². The van der Waals surface area contributed by atoms with Gasteiger partial charge >= 0.3 is 148 Å². The topological polar surface area (TPSA) is 183 Å². The normalized spacial score (nSPS) is 27.6. The first-order valence-corrected chi connectivity index (χ1v) is 9.83. The fraction of sp³-hybridized carbons (Fsp3) is 0.538. The molecule has 0 radical (unpaired) electrons. The van der Waals surface area contributed by atoms with E-state index in [2.05, 4.69) is 15.0 Å². The first-order chi connectivity index (χ1) is 11.9. The molecule has 3 unspecified atom stereocenters. The van der Waals surface area contributed by atoms with Crippen LogP contribution in [0.2, 0.25) is 10.6 Å². The van der Waals surface area contributed by atoms with Crippen molar-refractivity contribution in [3.8, 4) is 0 Å². The Balaban J connectivity index is 1.71. The number of imidazole rings is 1. The van der Waals surface area contributed by atoms with Crippen LogP contribution in [0.5, 0.6) is 0 Å². The van der Waals surface area contributed by atoms with Gasteiger partial charge < -0.3 is 0 Å². The molecule has 11 nitrogen and oxygen atoms in total. The zero-order valence-electron chi connectivity index (χ0n) is 13.0. The molecule has 12 heteroatoms. The van der Waals surface area contributed by atoms with E-state index in [0.29, 0.717) is 21.8 Å². The van der Waals surface area contributed by atoms with Crippen molar-refractivity contribution in [2.24, 2.45) is 5.73 Å². The van der Waals surface area contributed by atoms with Crippen LogP contribution in [0.25, 0.3) is 11.2 Å². The number of nitrogens with zero attached hydrogens (tertiary/aromatic N) is 4. The number of hydrogen-bond acceptors (Lipinski definition) is 9. The van der Waals surface area contributed by atoms with Gasteiger partial charge in [0.05, 0.1) is 0 Å². The molecule has 1 aliphatic rings. The van der Waals surface area contributed by atoms with Crippen LogP contribution in [0.4, 0.5) is 5.82 Å². The summed E-state index contributed by atoms with van der Waals surface area (Å²) in [4.78, 5) is 22.8. The summed E-state index contributed by atoms with van der Waals surface area (Å²) in [6, 6.07) is -0.934. The molecular formula is C13H18N6O5Se. The van der Waals surface area contributed by atoms with Crippen LogP contribution in [-0.2, 0) is 9.53 Å². The van der Waals surface area contributed by atoms with Gasteiger partial charge in [-0.1, -0.05) is 0 Å². The Hall–Kier alpha value is -1.82. The standard InChI is InChI=1S/C13H18N6O5Se/c14-5(13(22)23)1-25-2-6-8(20)9(21)12(24-6)19-4-18-7-10(15)16-3-17-11(7)19/h3-6,8-9,12,20-21H,1-2,14H2,(H,22,23)(H2,15,16,17)/t5?,6?,8-,9-,12?/m0/s1. The molecule has 1 fully saturated rings. The Bertz CT molecular complexity index is 772. The number of aliphatic carboxylic acids is 1. The van der Waals surface area contributed by atoms with Crippen LogP contribution >= 0.6 is 0 Å². The SMILES string of the molecule is Nc1ncnc2c1ncn2C1OC(C[Se]CC(N)C(=O)O)[C@H](O)[C@@H]1O. The Morgan fingerprint density at radius 2 is 2.12 bits per heavy atom. The molecule has 1 saturated heterocycles. The van der Waals surface area contributed by atoms with E-state index in [1.165, 1.54) is 17.2 Å². The molecule has 0 amide bonds. The fourth-order valence-electron chi connectivity index (χ4n) is 2.54. The number of ether oxygens (including phenoxy) is 1. The Kier molecular flexibility index (Phi) is 5.18. The number of carboxylic acid groups (broad SMARTS) is 1. The van der Waals surface area contributed by atoms with E-state index in [1.807, 2.05) is 0 Å². The third-order valence-electron chi connectivity index (χ3n) is 3.90. The maximum atomic E-state index is 10.7. The number of aliphatic hydroxyl groups is 2. The molecule has 25 heavy (non-hydrogen) atoms. The van der Waals surface area contributed by atoms with Gasteiger partial charge in [-0.15, -0.1) is 0 Å². The van der Waals surface area contributed by atoms with Crippen molar-refractivity contribution in [2.75, 3.05) is 5.73 Å². The van der Waals surface area contributed by atoms with Crippen LogP contribution in [-0.4, -0.2) is 80.1 Å². The quantitative estimate of drug-likeness (QED) is 0.329. The number of aliphatic hydroxyl groups excluding tert-OH is 2. The molecule has 3 heterocycles. The van der Waals surface area contributed by atoms with Crippen molar-refractivity contribution in [3.05, 3.63) is 12.7 Å². The summed E-state index contributed by atoms with van der Waals surface area (Å²) in [6.07, 6.45) is -1.08. The zero-order valence-corrected chi connectivity index (χ0v) is 14.7. The third-order valence-corrected chi connectivity index (χ3v) is 6.33. The Labute approximate surface area is 148 Å². The molecule has 0 aliphatic carbocycles. The molecule has 0 saturated carbocycles. The molecule has 0 bridgehead atoms. The van der Waals surface area contributed by atoms with Crippen LogP contribution < -0.4 is 11.5 Å². The predicted octanol–water partition coefficient (Wildman–Crippen LogP) is -2.02. The van der Waals surface area contributed by atoms with E-state index in [4.69, 9.17) is 21.3 Å². The number of nitrogen functional groups attached to an aromatic ring is 1. The van der Waals surface area contributed by atoms with Gasteiger partial charge in [-0.2, -0.15) is 0 Å². The van der Waals surface area contributed by atoms with E-state index >= 15 is 0 Å². The first kappa shape index (κ1) is 18.0. The van der Waals surface area contributed by atoms with E-state index in [-0.39, 0.29) is 20.8 Å². The van der Waals surface area contributed by atoms with Gasteiger partial charge in [0.2, 0.25) is 0 Å². The number of fused-ring (bicyclic) bond motifs is 1. The zero-order chi connectivity index (χ0) is 18.1. The van der Waals surface area contributed by atoms with Crippen molar-refractivity contribution < 1.29 is 24.9 Å². The maximum absolute atomic E-state index is 10.7. The molecule has 2 aromatic heterocycles. The number of carboxylic acids is 1. The summed E-state index contributed by atoms with van der Waals surface area (Å²) >= 11 is -0.151. The minimum atomic E-state index is -1.18. The predicted molar refractivity (Wildman–Crippen MR) is 86.6 cm³/mol. The summed E-state index contributed by atoms with van der Waals surface area (Å²) in [5, 5.41) is 30.1. The van der Waals surface area contributed by atoms with Gasteiger partial charge in [-0.3, -0.25) is 0 Å². The van der Waals surface area contributed by atoms with E-state index in [1.54, 1.807) is 0 Å². The van der Waals surface area contributed by atoms with Crippen molar-refractivity contribution in [3.63, 3.8) is 0 Å². The summed E-state index contributed by atoms with van der Waals surface area (Å²) in [5.41, 5.74) is 12.0. The number of anilines is 1. The van der Waals surface area contributed by atoms with Crippen molar-refractivity contribution >= 4 is 37.9 Å². The van der Waals surface area contributed by atoms with Gasteiger partial charge in [0.1, 0.15) is 0 Å². The number of carbonyl (C=O) groups is 1. The second-order valence-electron chi connectivity index (χ2n) is 5.61. The van der Waals surface area contributed by atoms with Crippen LogP contribution in [0.3, 0.4) is 0 Å². The van der Waals surface area contributed by atoms with Crippen LogP contribution in [0.1, 0.15) is 6.23 Å². The summed E-state index contributed by atoms with van der Waals surface area (Å²) < 4.78 is 7.27. The molecule has 3 rings (SSSR count). The summed E-state index contributed by atoms with van der Waals surface area (Å²) in [6.45, 7) is 0. The number of hydrogen-bond donors (Lipinski definition) is 5. The van der Waals surface area contributed by atoms with Crippen molar-refractivity contribution in [2.45, 2.75) is 41.2 Å².